The number of imidazole rings is 1. The molecule has 0 atom stereocenters. The predicted molar refractivity (Wildman–Crippen MR) is 86.1 cm³/mol. The van der Waals surface area contributed by atoms with Gasteiger partial charge >= 0.3 is 0 Å². The number of nitrogens with one attached hydrogen (secondary N) is 1. The number of rotatable bonds is 5. The SMILES string of the molecule is c1ccc(Cn2ccnc2)c(CNC2CCCCCC2)c1. The standard InChI is InChI=1S/C18H25N3/c1-2-4-10-18(9-3-1)20-13-16-7-5-6-8-17(16)14-21-12-11-19-15-21/h5-8,11-12,15,18,20H,1-4,9-10,13-14H2. The van der Waals surface area contributed by atoms with Gasteiger partial charge in [0.2, 0.25) is 0 Å². The molecule has 0 aliphatic heterocycles. The maximum absolute atomic E-state index is 4.13. The van der Waals surface area contributed by atoms with Gasteiger partial charge in [-0.15, -0.1) is 0 Å². The average molecular weight is 283 g/mol. The summed E-state index contributed by atoms with van der Waals surface area (Å²) in [5, 5.41) is 3.77. The van der Waals surface area contributed by atoms with Crippen LogP contribution in [0.25, 0.3) is 0 Å². The third-order valence-corrected chi connectivity index (χ3v) is 4.47. The van der Waals surface area contributed by atoms with Crippen LogP contribution >= 0.6 is 0 Å². The van der Waals surface area contributed by atoms with Crippen molar-refractivity contribution in [2.75, 3.05) is 0 Å². The first kappa shape index (κ1) is 14.3. The van der Waals surface area contributed by atoms with E-state index in [9.17, 15) is 0 Å². The Balaban J connectivity index is 1.61. The molecule has 112 valence electrons. The van der Waals surface area contributed by atoms with Crippen LogP contribution < -0.4 is 5.32 Å². The average Bonchev–Trinajstić information content (AvgIpc) is 2.88. The highest BCUT2D eigenvalue weighted by Gasteiger charge is 2.12. The van der Waals surface area contributed by atoms with Crippen LogP contribution in [-0.4, -0.2) is 15.6 Å². The molecule has 3 nitrogen and oxygen atoms in total. The van der Waals surface area contributed by atoms with Gasteiger partial charge in [-0.3, -0.25) is 0 Å². The van der Waals surface area contributed by atoms with Gasteiger partial charge in [0.05, 0.1) is 6.33 Å². The van der Waals surface area contributed by atoms with Crippen LogP contribution in [0.4, 0.5) is 0 Å². The summed E-state index contributed by atoms with van der Waals surface area (Å²) in [5.74, 6) is 0. The second-order valence-corrected chi connectivity index (χ2v) is 6.07. The van der Waals surface area contributed by atoms with E-state index in [2.05, 4.69) is 39.1 Å². The van der Waals surface area contributed by atoms with Crippen LogP contribution in [0.1, 0.15) is 49.7 Å². The Bertz CT molecular complexity index is 525. The van der Waals surface area contributed by atoms with E-state index >= 15 is 0 Å². The summed E-state index contributed by atoms with van der Waals surface area (Å²) in [7, 11) is 0. The molecular formula is C18H25N3. The van der Waals surface area contributed by atoms with Gasteiger partial charge in [0.15, 0.2) is 0 Å². The summed E-state index contributed by atoms with van der Waals surface area (Å²) < 4.78 is 2.13. The number of nitrogens with zero attached hydrogens (tertiary/aromatic N) is 2. The normalized spacial score (nSPS) is 16.8. The maximum Gasteiger partial charge on any atom is 0.0949 e. The first-order valence-corrected chi connectivity index (χ1v) is 8.18. The highest BCUT2D eigenvalue weighted by Crippen LogP contribution is 2.18. The molecule has 1 aromatic carbocycles. The number of aromatic nitrogens is 2. The summed E-state index contributed by atoms with van der Waals surface area (Å²) in [6, 6.07) is 9.44. The number of hydrogen-bond acceptors (Lipinski definition) is 2. The molecule has 2 aromatic rings. The molecule has 1 aliphatic rings. The monoisotopic (exact) mass is 283 g/mol. The fourth-order valence-corrected chi connectivity index (χ4v) is 3.20. The molecular weight excluding hydrogens is 258 g/mol. The second-order valence-electron chi connectivity index (χ2n) is 6.07. The van der Waals surface area contributed by atoms with Crippen molar-refractivity contribution < 1.29 is 0 Å². The fraction of sp³-hybridized carbons (Fsp3) is 0.500. The minimum Gasteiger partial charge on any atom is -0.333 e. The molecule has 0 radical (unpaired) electrons. The van der Waals surface area contributed by atoms with E-state index in [4.69, 9.17) is 0 Å². The van der Waals surface area contributed by atoms with Crippen LogP contribution in [0, 0.1) is 0 Å². The zero-order valence-electron chi connectivity index (χ0n) is 12.7. The van der Waals surface area contributed by atoms with Crippen molar-refractivity contribution in [2.45, 2.75) is 57.7 Å². The lowest BCUT2D eigenvalue weighted by molar-refractivity contribution is 0.458. The summed E-state index contributed by atoms with van der Waals surface area (Å²) in [4.78, 5) is 4.13. The topological polar surface area (TPSA) is 29.9 Å². The smallest absolute Gasteiger partial charge is 0.0949 e. The van der Waals surface area contributed by atoms with E-state index in [0.29, 0.717) is 6.04 Å². The molecule has 0 unspecified atom stereocenters. The van der Waals surface area contributed by atoms with E-state index < -0.39 is 0 Å². The Hall–Kier alpha value is -1.61. The Morgan fingerprint density at radius 1 is 1.05 bits per heavy atom. The predicted octanol–water partition coefficient (Wildman–Crippen LogP) is 3.74. The van der Waals surface area contributed by atoms with Gasteiger partial charge in [0, 0.05) is 31.5 Å². The Morgan fingerprint density at radius 3 is 2.52 bits per heavy atom. The first-order chi connectivity index (χ1) is 10.4. The quantitative estimate of drug-likeness (QED) is 0.847. The molecule has 21 heavy (non-hydrogen) atoms. The van der Waals surface area contributed by atoms with Crippen LogP contribution in [0.3, 0.4) is 0 Å². The highest BCUT2D eigenvalue weighted by atomic mass is 15.0. The van der Waals surface area contributed by atoms with Crippen LogP contribution in [0.15, 0.2) is 43.0 Å². The molecule has 1 saturated carbocycles. The number of hydrogen-bond donors (Lipinski definition) is 1. The minimum atomic E-state index is 0.703. The first-order valence-electron chi connectivity index (χ1n) is 8.18. The molecule has 1 N–H and O–H groups in total. The molecule has 1 aliphatic carbocycles. The molecule has 3 rings (SSSR count). The lowest BCUT2D eigenvalue weighted by Crippen LogP contribution is -2.28. The van der Waals surface area contributed by atoms with Gasteiger partial charge in [-0.1, -0.05) is 49.9 Å². The molecule has 0 spiro atoms. The third-order valence-electron chi connectivity index (χ3n) is 4.47. The van der Waals surface area contributed by atoms with Crippen molar-refractivity contribution in [1.29, 1.82) is 0 Å². The molecule has 1 aromatic heterocycles. The van der Waals surface area contributed by atoms with Gasteiger partial charge in [-0.2, -0.15) is 0 Å². The van der Waals surface area contributed by atoms with Crippen LogP contribution in [0.2, 0.25) is 0 Å². The van der Waals surface area contributed by atoms with Crippen molar-refractivity contribution >= 4 is 0 Å². The molecule has 3 heteroatoms. The van der Waals surface area contributed by atoms with Crippen molar-refractivity contribution in [2.24, 2.45) is 0 Å². The van der Waals surface area contributed by atoms with Gasteiger partial charge in [0.1, 0.15) is 0 Å². The van der Waals surface area contributed by atoms with E-state index in [1.807, 2.05) is 18.7 Å². The van der Waals surface area contributed by atoms with Crippen molar-refractivity contribution in [3.8, 4) is 0 Å². The second kappa shape index (κ2) is 7.41. The minimum absolute atomic E-state index is 0.703. The largest absolute Gasteiger partial charge is 0.333 e. The van der Waals surface area contributed by atoms with E-state index in [0.717, 1.165) is 13.1 Å². The molecule has 0 saturated heterocycles. The van der Waals surface area contributed by atoms with Gasteiger partial charge in [0.25, 0.3) is 0 Å². The van der Waals surface area contributed by atoms with Crippen molar-refractivity contribution in [1.82, 2.24) is 14.9 Å². The van der Waals surface area contributed by atoms with Crippen LogP contribution in [-0.2, 0) is 13.1 Å². The molecule has 1 heterocycles. The summed E-state index contributed by atoms with van der Waals surface area (Å²) in [6.07, 6.45) is 14.0. The Labute approximate surface area is 127 Å². The Kier molecular flexibility index (Phi) is 5.06. The molecule has 0 amide bonds. The lowest BCUT2D eigenvalue weighted by atomic mass is 10.1. The van der Waals surface area contributed by atoms with E-state index in [1.165, 1.54) is 49.7 Å². The lowest BCUT2D eigenvalue weighted by Gasteiger charge is -2.18. The molecule has 1 fully saturated rings. The summed E-state index contributed by atoms with van der Waals surface area (Å²) in [6.45, 7) is 1.89. The van der Waals surface area contributed by atoms with E-state index in [1.54, 1.807) is 0 Å². The zero-order valence-corrected chi connectivity index (χ0v) is 12.7. The van der Waals surface area contributed by atoms with Crippen molar-refractivity contribution in [3.63, 3.8) is 0 Å². The highest BCUT2D eigenvalue weighted by molar-refractivity contribution is 5.27. The Morgan fingerprint density at radius 2 is 1.81 bits per heavy atom. The van der Waals surface area contributed by atoms with E-state index in [-0.39, 0.29) is 0 Å². The maximum atomic E-state index is 4.13. The summed E-state index contributed by atoms with van der Waals surface area (Å²) in [5.41, 5.74) is 2.80. The van der Waals surface area contributed by atoms with Crippen molar-refractivity contribution in [3.05, 3.63) is 54.1 Å². The third kappa shape index (κ3) is 4.18. The van der Waals surface area contributed by atoms with Gasteiger partial charge in [-0.05, 0) is 24.0 Å². The van der Waals surface area contributed by atoms with Gasteiger partial charge < -0.3 is 9.88 Å². The summed E-state index contributed by atoms with van der Waals surface area (Å²) >= 11 is 0. The molecule has 0 bridgehead atoms. The zero-order chi connectivity index (χ0) is 14.3. The fourth-order valence-electron chi connectivity index (χ4n) is 3.20. The number of benzene rings is 1. The van der Waals surface area contributed by atoms with Gasteiger partial charge in [-0.25, -0.2) is 4.98 Å². The van der Waals surface area contributed by atoms with Crippen LogP contribution in [0.5, 0.6) is 0 Å².